The van der Waals surface area contributed by atoms with Crippen molar-refractivity contribution in [3.8, 4) is 5.75 Å². The maximum atomic E-state index is 10.6. The standard InChI is InChI=1S/C25H23NO2/c27-24-10-11-25-22(15-21(28-25)14-18-6-2-1-3-7-18)23(24)17-26-13-12-19-8-4-5-9-20(19)16-26/h1-11,15,27H,12-14,16-17H2. The molecule has 0 radical (unpaired) electrons. The third-order valence-electron chi connectivity index (χ3n) is 5.65. The molecule has 3 heteroatoms. The van der Waals surface area contributed by atoms with Crippen LogP contribution in [0.3, 0.4) is 0 Å². The third kappa shape index (κ3) is 3.30. The summed E-state index contributed by atoms with van der Waals surface area (Å²) in [6, 6.07) is 24.7. The van der Waals surface area contributed by atoms with Crippen LogP contribution >= 0.6 is 0 Å². The van der Waals surface area contributed by atoms with Crippen LogP contribution < -0.4 is 0 Å². The summed E-state index contributed by atoms with van der Waals surface area (Å²) in [7, 11) is 0. The van der Waals surface area contributed by atoms with Gasteiger partial charge in [-0.25, -0.2) is 0 Å². The van der Waals surface area contributed by atoms with Crippen molar-refractivity contribution in [3.05, 3.63) is 101 Å². The number of fused-ring (bicyclic) bond motifs is 2. The van der Waals surface area contributed by atoms with Gasteiger partial charge in [-0.3, -0.25) is 4.90 Å². The molecule has 0 unspecified atom stereocenters. The number of phenolic OH excluding ortho intramolecular Hbond substituents is 1. The highest BCUT2D eigenvalue weighted by Gasteiger charge is 2.19. The fourth-order valence-electron chi connectivity index (χ4n) is 4.17. The van der Waals surface area contributed by atoms with Crippen molar-refractivity contribution in [2.75, 3.05) is 6.54 Å². The minimum absolute atomic E-state index is 0.346. The van der Waals surface area contributed by atoms with E-state index in [4.69, 9.17) is 4.42 Å². The summed E-state index contributed by atoms with van der Waals surface area (Å²) in [5, 5.41) is 11.6. The van der Waals surface area contributed by atoms with Gasteiger partial charge >= 0.3 is 0 Å². The van der Waals surface area contributed by atoms with Crippen molar-refractivity contribution in [2.24, 2.45) is 0 Å². The number of rotatable bonds is 4. The van der Waals surface area contributed by atoms with E-state index in [9.17, 15) is 5.11 Å². The fourth-order valence-corrected chi connectivity index (χ4v) is 4.17. The first-order chi connectivity index (χ1) is 13.8. The molecule has 1 aliphatic heterocycles. The molecule has 0 fully saturated rings. The SMILES string of the molecule is Oc1ccc2oc(Cc3ccccc3)cc2c1CN1CCc2ccccc2C1. The summed E-state index contributed by atoms with van der Waals surface area (Å²) in [6.45, 7) is 2.64. The number of aromatic hydroxyl groups is 1. The van der Waals surface area contributed by atoms with E-state index in [1.807, 2.05) is 24.3 Å². The van der Waals surface area contributed by atoms with Gasteiger partial charge in [0.1, 0.15) is 17.1 Å². The van der Waals surface area contributed by atoms with E-state index in [1.54, 1.807) is 6.07 Å². The van der Waals surface area contributed by atoms with Crippen molar-refractivity contribution < 1.29 is 9.52 Å². The Morgan fingerprint density at radius 2 is 1.68 bits per heavy atom. The van der Waals surface area contributed by atoms with Crippen LogP contribution in [0.2, 0.25) is 0 Å². The van der Waals surface area contributed by atoms with Gasteiger partial charge in [-0.2, -0.15) is 0 Å². The lowest BCUT2D eigenvalue weighted by Gasteiger charge is -2.29. The first-order valence-corrected chi connectivity index (χ1v) is 9.82. The summed E-state index contributed by atoms with van der Waals surface area (Å²) in [5.74, 6) is 1.27. The van der Waals surface area contributed by atoms with Crippen molar-refractivity contribution in [3.63, 3.8) is 0 Å². The minimum atomic E-state index is 0.346. The number of furan rings is 1. The number of benzene rings is 3. The third-order valence-corrected chi connectivity index (χ3v) is 5.65. The van der Waals surface area contributed by atoms with Crippen molar-refractivity contribution >= 4 is 11.0 Å². The first-order valence-electron chi connectivity index (χ1n) is 9.82. The van der Waals surface area contributed by atoms with Crippen molar-refractivity contribution in [1.29, 1.82) is 0 Å². The largest absolute Gasteiger partial charge is 0.508 e. The van der Waals surface area contributed by atoms with Crippen LogP contribution in [0.5, 0.6) is 5.75 Å². The van der Waals surface area contributed by atoms with Gasteiger partial charge in [0.05, 0.1) is 0 Å². The summed E-state index contributed by atoms with van der Waals surface area (Å²) in [4.78, 5) is 2.40. The Balaban J connectivity index is 1.43. The highest BCUT2D eigenvalue weighted by atomic mass is 16.3. The van der Waals surface area contributed by atoms with Gasteiger partial charge in [0.25, 0.3) is 0 Å². The average Bonchev–Trinajstić information content (AvgIpc) is 3.13. The molecule has 3 nitrogen and oxygen atoms in total. The molecule has 2 heterocycles. The van der Waals surface area contributed by atoms with Crippen LogP contribution in [0.15, 0.2) is 77.2 Å². The maximum absolute atomic E-state index is 10.6. The molecule has 1 N–H and O–H groups in total. The van der Waals surface area contributed by atoms with Gasteiger partial charge in [0, 0.05) is 37.0 Å². The van der Waals surface area contributed by atoms with Crippen LogP contribution in [-0.2, 0) is 25.9 Å². The molecule has 0 amide bonds. The van der Waals surface area contributed by atoms with E-state index >= 15 is 0 Å². The summed E-state index contributed by atoms with van der Waals surface area (Å²) in [6.07, 6.45) is 1.81. The summed E-state index contributed by atoms with van der Waals surface area (Å²) >= 11 is 0. The summed E-state index contributed by atoms with van der Waals surface area (Å²) < 4.78 is 6.08. The van der Waals surface area contributed by atoms with E-state index in [0.29, 0.717) is 5.75 Å². The Hall–Kier alpha value is -3.04. The van der Waals surface area contributed by atoms with Gasteiger partial charge in [0.15, 0.2) is 0 Å². The number of hydrogen-bond acceptors (Lipinski definition) is 3. The van der Waals surface area contributed by atoms with Gasteiger partial charge in [-0.15, -0.1) is 0 Å². The van der Waals surface area contributed by atoms with Crippen LogP contribution in [0, 0.1) is 0 Å². The molecule has 0 atom stereocenters. The second-order valence-corrected chi connectivity index (χ2v) is 7.58. The van der Waals surface area contributed by atoms with E-state index in [1.165, 1.54) is 16.7 Å². The van der Waals surface area contributed by atoms with Crippen LogP contribution in [0.1, 0.15) is 28.0 Å². The molecular formula is C25H23NO2. The maximum Gasteiger partial charge on any atom is 0.134 e. The molecule has 140 valence electrons. The van der Waals surface area contributed by atoms with Gasteiger partial charge in [0.2, 0.25) is 0 Å². The number of nitrogens with zero attached hydrogens (tertiary/aromatic N) is 1. The fraction of sp³-hybridized carbons (Fsp3) is 0.200. The molecule has 28 heavy (non-hydrogen) atoms. The second kappa shape index (κ2) is 7.17. The zero-order valence-corrected chi connectivity index (χ0v) is 15.8. The molecule has 1 aromatic heterocycles. The van der Waals surface area contributed by atoms with E-state index in [-0.39, 0.29) is 0 Å². The zero-order chi connectivity index (χ0) is 18.9. The second-order valence-electron chi connectivity index (χ2n) is 7.58. The number of hydrogen-bond donors (Lipinski definition) is 1. The molecule has 0 saturated heterocycles. The van der Waals surface area contributed by atoms with E-state index < -0.39 is 0 Å². The molecule has 0 bridgehead atoms. The van der Waals surface area contributed by atoms with Gasteiger partial charge < -0.3 is 9.52 Å². The summed E-state index contributed by atoms with van der Waals surface area (Å²) in [5.41, 5.74) is 5.85. The smallest absolute Gasteiger partial charge is 0.134 e. The molecule has 1 aliphatic rings. The van der Waals surface area contributed by atoms with Crippen LogP contribution in [-0.4, -0.2) is 16.6 Å². The monoisotopic (exact) mass is 369 g/mol. The molecule has 0 aliphatic carbocycles. The lowest BCUT2D eigenvalue weighted by atomic mass is 9.99. The zero-order valence-electron chi connectivity index (χ0n) is 15.8. The highest BCUT2D eigenvalue weighted by molar-refractivity contribution is 5.84. The molecule has 3 aromatic carbocycles. The lowest BCUT2D eigenvalue weighted by Crippen LogP contribution is -2.30. The Bertz CT molecular complexity index is 1110. The topological polar surface area (TPSA) is 36.6 Å². The van der Waals surface area contributed by atoms with E-state index in [2.05, 4.69) is 47.4 Å². The van der Waals surface area contributed by atoms with Crippen molar-refractivity contribution in [2.45, 2.75) is 25.9 Å². The first kappa shape index (κ1) is 17.1. The Labute approximate surface area is 164 Å². The Kier molecular flexibility index (Phi) is 4.38. The predicted molar refractivity (Wildman–Crippen MR) is 111 cm³/mol. The highest BCUT2D eigenvalue weighted by Crippen LogP contribution is 2.32. The quantitative estimate of drug-likeness (QED) is 0.531. The molecule has 5 rings (SSSR count). The lowest BCUT2D eigenvalue weighted by molar-refractivity contribution is 0.243. The Morgan fingerprint density at radius 1 is 0.893 bits per heavy atom. The Morgan fingerprint density at radius 3 is 2.54 bits per heavy atom. The molecule has 4 aromatic rings. The van der Waals surface area contributed by atoms with E-state index in [0.717, 1.165) is 54.8 Å². The number of phenols is 1. The van der Waals surface area contributed by atoms with Crippen LogP contribution in [0.25, 0.3) is 11.0 Å². The minimum Gasteiger partial charge on any atom is -0.508 e. The molecular weight excluding hydrogens is 346 g/mol. The molecule has 0 saturated carbocycles. The van der Waals surface area contributed by atoms with Crippen molar-refractivity contribution in [1.82, 2.24) is 4.90 Å². The average molecular weight is 369 g/mol. The normalized spacial score (nSPS) is 14.3. The van der Waals surface area contributed by atoms with Crippen LogP contribution in [0.4, 0.5) is 0 Å². The molecule has 0 spiro atoms. The van der Waals surface area contributed by atoms with Gasteiger partial charge in [-0.1, -0.05) is 54.6 Å². The predicted octanol–water partition coefficient (Wildman–Crippen LogP) is 5.29. The van der Waals surface area contributed by atoms with Gasteiger partial charge in [-0.05, 0) is 41.3 Å².